The molecule has 0 aromatic carbocycles. The molecule has 0 heterocycles. The summed E-state index contributed by atoms with van der Waals surface area (Å²) in [4.78, 5) is 11.6. The molecule has 1 radical (unpaired) electrons. The first-order chi connectivity index (χ1) is 6.36. The molecular weight excluding hydrogens is 162 g/mol. The van der Waals surface area contributed by atoms with Crippen molar-refractivity contribution in [3.63, 3.8) is 0 Å². The molecule has 0 saturated heterocycles. The molecule has 0 aromatic rings. The van der Waals surface area contributed by atoms with Gasteiger partial charge in [0.25, 0.3) is 0 Å². The van der Waals surface area contributed by atoms with Gasteiger partial charge in [0.1, 0.15) is 0 Å². The first-order valence-electron chi connectivity index (χ1n) is 5.57. The molecule has 0 bridgehead atoms. The van der Waals surface area contributed by atoms with Crippen molar-refractivity contribution >= 4 is 5.91 Å². The third kappa shape index (κ3) is 2.71. The summed E-state index contributed by atoms with van der Waals surface area (Å²) in [7, 11) is 0. The van der Waals surface area contributed by atoms with Crippen LogP contribution in [0.15, 0.2) is 0 Å². The third-order valence-corrected chi connectivity index (χ3v) is 3.16. The lowest BCUT2D eigenvalue weighted by Gasteiger charge is -2.19. The van der Waals surface area contributed by atoms with Gasteiger partial charge in [0.15, 0.2) is 0 Å². The molecule has 0 atom stereocenters. The predicted molar refractivity (Wildman–Crippen MR) is 51.3 cm³/mol. The van der Waals surface area contributed by atoms with Gasteiger partial charge in [0.2, 0.25) is 5.91 Å². The molecule has 1 amide bonds. The van der Waals surface area contributed by atoms with Crippen LogP contribution in [0.4, 0.5) is 0 Å². The maximum atomic E-state index is 11.6. The zero-order valence-electron chi connectivity index (χ0n) is 8.17. The summed E-state index contributed by atoms with van der Waals surface area (Å²) in [6.07, 6.45) is 8.54. The lowest BCUT2D eigenvalue weighted by molar-refractivity contribution is -0.126. The molecular formula is C11H18NO. The van der Waals surface area contributed by atoms with Gasteiger partial charge < -0.3 is 0 Å². The molecule has 2 rings (SSSR count). The Kier molecular flexibility index (Phi) is 2.87. The maximum Gasteiger partial charge on any atom is 0.244 e. The fraction of sp³-hybridized carbons (Fsp3) is 0.909. The van der Waals surface area contributed by atoms with E-state index in [9.17, 15) is 4.79 Å². The van der Waals surface area contributed by atoms with Crippen molar-refractivity contribution in [1.29, 1.82) is 0 Å². The second kappa shape index (κ2) is 4.12. The summed E-state index contributed by atoms with van der Waals surface area (Å²) in [5, 5.41) is 4.17. The minimum atomic E-state index is 0.201. The number of carbonyl (C=O) groups is 1. The Balaban J connectivity index is 1.67. The van der Waals surface area contributed by atoms with Crippen molar-refractivity contribution in [2.45, 2.75) is 44.9 Å². The number of carbonyl (C=O) groups excluding carboxylic acids is 1. The van der Waals surface area contributed by atoms with Crippen LogP contribution >= 0.6 is 0 Å². The van der Waals surface area contributed by atoms with Crippen LogP contribution in [-0.2, 0) is 4.79 Å². The Bertz CT molecular complexity index is 181. The van der Waals surface area contributed by atoms with Gasteiger partial charge in [-0.1, -0.05) is 19.3 Å². The predicted octanol–water partition coefficient (Wildman–Crippen LogP) is 2.11. The van der Waals surface area contributed by atoms with Gasteiger partial charge in [-0.05, 0) is 31.6 Å². The van der Waals surface area contributed by atoms with Gasteiger partial charge in [-0.25, -0.2) is 0 Å². The molecule has 2 aliphatic rings. The van der Waals surface area contributed by atoms with Crippen LogP contribution in [0.5, 0.6) is 0 Å². The van der Waals surface area contributed by atoms with Crippen molar-refractivity contribution in [1.82, 2.24) is 5.32 Å². The summed E-state index contributed by atoms with van der Waals surface area (Å²) in [6, 6.07) is 0. The van der Waals surface area contributed by atoms with Crippen molar-refractivity contribution in [2.75, 3.05) is 6.54 Å². The summed E-state index contributed by atoms with van der Waals surface area (Å²) in [5.41, 5.74) is 0. The molecule has 2 aliphatic carbocycles. The SMILES string of the molecule is O=C([N]CC1CC1)C1CCCCC1. The zero-order chi connectivity index (χ0) is 9.10. The topological polar surface area (TPSA) is 31.2 Å². The Morgan fingerprint density at radius 1 is 1.08 bits per heavy atom. The van der Waals surface area contributed by atoms with Crippen LogP contribution in [0.1, 0.15) is 44.9 Å². The number of amides is 1. The highest BCUT2D eigenvalue weighted by atomic mass is 16.1. The second-order valence-electron chi connectivity index (χ2n) is 4.46. The van der Waals surface area contributed by atoms with Crippen LogP contribution in [-0.4, -0.2) is 12.5 Å². The monoisotopic (exact) mass is 180 g/mol. The van der Waals surface area contributed by atoms with Crippen molar-refractivity contribution in [3.8, 4) is 0 Å². The largest absolute Gasteiger partial charge is 0.273 e. The van der Waals surface area contributed by atoms with Gasteiger partial charge >= 0.3 is 0 Å². The lowest BCUT2D eigenvalue weighted by Crippen LogP contribution is -2.27. The Morgan fingerprint density at radius 3 is 2.38 bits per heavy atom. The quantitative estimate of drug-likeness (QED) is 0.654. The zero-order valence-corrected chi connectivity index (χ0v) is 8.17. The standard InChI is InChI=1S/C11H18NO/c13-11(12-8-9-6-7-9)10-4-2-1-3-5-10/h9-10H,1-8H2. The van der Waals surface area contributed by atoms with Crippen LogP contribution in [0, 0.1) is 11.8 Å². The molecule has 2 fully saturated rings. The number of rotatable bonds is 3. The van der Waals surface area contributed by atoms with E-state index in [2.05, 4.69) is 5.32 Å². The molecule has 0 aromatic heterocycles. The summed E-state index contributed by atoms with van der Waals surface area (Å²) in [5.74, 6) is 1.24. The minimum Gasteiger partial charge on any atom is -0.273 e. The maximum absolute atomic E-state index is 11.6. The van der Waals surface area contributed by atoms with E-state index in [-0.39, 0.29) is 11.8 Å². The van der Waals surface area contributed by atoms with Crippen LogP contribution in [0.25, 0.3) is 0 Å². The van der Waals surface area contributed by atoms with Crippen molar-refractivity contribution < 1.29 is 4.79 Å². The summed E-state index contributed by atoms with van der Waals surface area (Å²) >= 11 is 0. The van der Waals surface area contributed by atoms with Crippen molar-refractivity contribution in [2.24, 2.45) is 11.8 Å². The van der Waals surface area contributed by atoms with Crippen LogP contribution < -0.4 is 5.32 Å². The number of hydrogen-bond acceptors (Lipinski definition) is 1. The third-order valence-electron chi connectivity index (χ3n) is 3.16. The van der Waals surface area contributed by atoms with E-state index < -0.39 is 0 Å². The van der Waals surface area contributed by atoms with Crippen molar-refractivity contribution in [3.05, 3.63) is 0 Å². The fourth-order valence-corrected chi connectivity index (χ4v) is 2.00. The number of hydrogen-bond donors (Lipinski definition) is 0. The van der Waals surface area contributed by atoms with E-state index in [1.807, 2.05) is 0 Å². The van der Waals surface area contributed by atoms with Gasteiger partial charge in [-0.2, -0.15) is 0 Å². The first kappa shape index (κ1) is 9.04. The highest BCUT2D eigenvalue weighted by Gasteiger charge is 2.26. The van der Waals surface area contributed by atoms with E-state index in [0.717, 1.165) is 25.3 Å². The Labute approximate surface area is 80.1 Å². The van der Waals surface area contributed by atoms with Gasteiger partial charge in [-0.15, -0.1) is 0 Å². The molecule has 73 valence electrons. The number of nitrogens with zero attached hydrogens (tertiary/aromatic N) is 1. The smallest absolute Gasteiger partial charge is 0.244 e. The first-order valence-corrected chi connectivity index (χ1v) is 5.57. The highest BCUT2D eigenvalue weighted by Crippen LogP contribution is 2.29. The summed E-state index contributed by atoms with van der Waals surface area (Å²) < 4.78 is 0. The molecule has 2 heteroatoms. The fourth-order valence-electron chi connectivity index (χ4n) is 2.00. The molecule has 0 aliphatic heterocycles. The average molecular weight is 180 g/mol. The molecule has 0 spiro atoms. The second-order valence-corrected chi connectivity index (χ2v) is 4.46. The van der Waals surface area contributed by atoms with Gasteiger partial charge in [0.05, 0.1) is 0 Å². The van der Waals surface area contributed by atoms with Crippen LogP contribution in [0.3, 0.4) is 0 Å². The van der Waals surface area contributed by atoms with E-state index in [4.69, 9.17) is 0 Å². The average Bonchev–Trinajstić information content (AvgIpc) is 2.99. The lowest BCUT2D eigenvalue weighted by atomic mass is 9.89. The Hall–Kier alpha value is -0.530. The van der Waals surface area contributed by atoms with Crippen LogP contribution in [0.2, 0.25) is 0 Å². The Morgan fingerprint density at radius 2 is 1.77 bits per heavy atom. The molecule has 2 nitrogen and oxygen atoms in total. The van der Waals surface area contributed by atoms with E-state index >= 15 is 0 Å². The molecule has 2 saturated carbocycles. The van der Waals surface area contributed by atoms with E-state index in [1.54, 1.807) is 0 Å². The molecule has 0 N–H and O–H groups in total. The van der Waals surface area contributed by atoms with Gasteiger partial charge in [-0.3, -0.25) is 10.1 Å². The summed E-state index contributed by atoms with van der Waals surface area (Å²) in [6.45, 7) is 0.815. The van der Waals surface area contributed by atoms with E-state index in [0.29, 0.717) is 0 Å². The normalized spacial score (nSPS) is 24.3. The van der Waals surface area contributed by atoms with Gasteiger partial charge in [0, 0.05) is 12.5 Å². The van der Waals surface area contributed by atoms with E-state index in [1.165, 1.54) is 32.1 Å². The molecule has 0 unspecified atom stereocenters. The highest BCUT2D eigenvalue weighted by molar-refractivity contribution is 5.78. The molecule has 13 heavy (non-hydrogen) atoms. The minimum absolute atomic E-state index is 0.201.